The van der Waals surface area contributed by atoms with Crippen molar-refractivity contribution in [3.63, 3.8) is 0 Å². The molecule has 5 rings (SSSR count). The van der Waals surface area contributed by atoms with Crippen molar-refractivity contribution in [2.24, 2.45) is 0 Å². The predicted molar refractivity (Wildman–Crippen MR) is 207 cm³/mol. The first-order valence-electron chi connectivity index (χ1n) is 16.8. The summed E-state index contributed by atoms with van der Waals surface area (Å²) in [4.78, 5) is 42.4. The van der Waals surface area contributed by atoms with Crippen molar-refractivity contribution in [3.8, 4) is 11.5 Å². The van der Waals surface area contributed by atoms with Gasteiger partial charge in [0.1, 0.15) is 47.8 Å². The SMILES string of the molecule is C1CCOC1.CC(=O)CC(=O)CCc1ccc(OCc2ccccc2)cc1.CC(=O)CC(C)=O.ICc1ccc(OCc2ccccc2)cc1. The molecule has 1 fully saturated rings. The van der Waals surface area contributed by atoms with E-state index in [1.807, 2.05) is 84.9 Å². The van der Waals surface area contributed by atoms with E-state index in [0.29, 0.717) is 26.1 Å². The molecule has 1 aliphatic rings. The number of ketones is 4. The van der Waals surface area contributed by atoms with E-state index in [1.54, 1.807) is 0 Å². The van der Waals surface area contributed by atoms with Gasteiger partial charge in [-0.2, -0.15) is 0 Å². The molecule has 0 amide bonds. The molecule has 7 nitrogen and oxygen atoms in total. The molecule has 266 valence electrons. The highest BCUT2D eigenvalue weighted by molar-refractivity contribution is 14.1. The molecule has 1 saturated heterocycles. The summed E-state index contributed by atoms with van der Waals surface area (Å²) in [6.45, 7) is 7.42. The van der Waals surface area contributed by atoms with Gasteiger partial charge in [0.15, 0.2) is 0 Å². The molecule has 0 spiro atoms. The first-order valence-corrected chi connectivity index (χ1v) is 18.3. The number of hydrogen-bond donors (Lipinski definition) is 0. The Morgan fingerprint density at radius 3 is 1.32 bits per heavy atom. The van der Waals surface area contributed by atoms with Gasteiger partial charge in [-0.25, -0.2) is 0 Å². The number of rotatable bonds is 14. The molecule has 4 aromatic rings. The zero-order valence-electron chi connectivity index (χ0n) is 29.4. The Balaban J connectivity index is 0.000000267. The molecule has 0 atom stereocenters. The van der Waals surface area contributed by atoms with Crippen molar-refractivity contribution in [3.05, 3.63) is 131 Å². The molecule has 8 heteroatoms. The molecule has 0 unspecified atom stereocenters. The van der Waals surface area contributed by atoms with Crippen LogP contribution in [0.3, 0.4) is 0 Å². The van der Waals surface area contributed by atoms with Crippen molar-refractivity contribution in [2.75, 3.05) is 13.2 Å². The highest BCUT2D eigenvalue weighted by Crippen LogP contribution is 2.17. The molecular weight excluding hydrogens is 743 g/mol. The maximum atomic E-state index is 11.5. The van der Waals surface area contributed by atoms with Gasteiger partial charge >= 0.3 is 0 Å². The largest absolute Gasteiger partial charge is 0.489 e. The van der Waals surface area contributed by atoms with Crippen LogP contribution in [0.2, 0.25) is 0 Å². The third-order valence-electron chi connectivity index (χ3n) is 6.96. The average Bonchev–Trinajstić information content (AvgIpc) is 3.71. The van der Waals surface area contributed by atoms with Crippen molar-refractivity contribution in [1.29, 1.82) is 0 Å². The van der Waals surface area contributed by atoms with Gasteiger partial charge in [0.2, 0.25) is 0 Å². The van der Waals surface area contributed by atoms with E-state index in [2.05, 4.69) is 46.9 Å². The predicted octanol–water partition coefficient (Wildman–Crippen LogP) is 9.30. The van der Waals surface area contributed by atoms with Crippen molar-refractivity contribution in [2.45, 2.75) is 76.9 Å². The number of aryl methyl sites for hydroxylation is 1. The molecule has 0 saturated carbocycles. The number of halogens is 1. The highest BCUT2D eigenvalue weighted by atomic mass is 127. The number of alkyl halides is 1. The second kappa shape index (κ2) is 25.8. The summed E-state index contributed by atoms with van der Waals surface area (Å²) >= 11 is 2.35. The number of carbonyl (C=O) groups excluding carboxylic acids is 4. The van der Waals surface area contributed by atoms with E-state index in [-0.39, 0.29) is 36.0 Å². The minimum atomic E-state index is -0.0744. The van der Waals surface area contributed by atoms with Crippen LogP contribution in [-0.4, -0.2) is 36.3 Å². The Kier molecular flexibility index (Phi) is 21.7. The zero-order valence-corrected chi connectivity index (χ0v) is 31.6. The fraction of sp³-hybridized carbons (Fsp3) is 0.333. The molecule has 0 N–H and O–H groups in total. The molecule has 0 aliphatic carbocycles. The maximum absolute atomic E-state index is 11.5. The second-order valence-electron chi connectivity index (χ2n) is 11.8. The normalized spacial score (nSPS) is 11.3. The lowest BCUT2D eigenvalue weighted by molar-refractivity contribution is -0.127. The fourth-order valence-electron chi connectivity index (χ4n) is 4.42. The standard InChI is InChI=1S/C19H20O3.C14H13IO.C5H8O2.C4H8O/c1-15(20)13-18(21)10-7-16-8-11-19(12-9-16)22-14-17-5-3-2-4-6-17;15-10-12-6-8-14(9-7-12)16-11-13-4-2-1-3-5-13;1-4(6)3-5(2)7;1-2-4-5-3-1/h2-6,8-9,11-12H,7,10,13-14H2,1H3;1-9H,10-11H2;3H2,1-2H3;1-4H2. The topological polar surface area (TPSA) is 96.0 Å². The Morgan fingerprint density at radius 2 is 0.980 bits per heavy atom. The fourth-order valence-corrected chi connectivity index (χ4v) is 4.93. The van der Waals surface area contributed by atoms with Crippen LogP contribution < -0.4 is 9.47 Å². The van der Waals surface area contributed by atoms with Crippen LogP contribution in [0, 0.1) is 0 Å². The van der Waals surface area contributed by atoms with Crippen LogP contribution in [-0.2, 0) is 48.0 Å². The van der Waals surface area contributed by atoms with Crippen LogP contribution in [0.25, 0.3) is 0 Å². The summed E-state index contributed by atoms with van der Waals surface area (Å²) in [5, 5.41) is 0. The zero-order chi connectivity index (χ0) is 36.4. The molecule has 0 bridgehead atoms. The van der Waals surface area contributed by atoms with E-state index < -0.39 is 0 Å². The van der Waals surface area contributed by atoms with E-state index in [1.165, 1.54) is 44.7 Å². The van der Waals surface area contributed by atoms with Gasteiger partial charge < -0.3 is 14.2 Å². The van der Waals surface area contributed by atoms with Crippen molar-refractivity contribution in [1.82, 2.24) is 0 Å². The van der Waals surface area contributed by atoms with Crippen LogP contribution in [0.4, 0.5) is 0 Å². The number of benzene rings is 4. The Morgan fingerprint density at radius 1 is 0.560 bits per heavy atom. The van der Waals surface area contributed by atoms with E-state index in [4.69, 9.17) is 14.2 Å². The molecule has 0 radical (unpaired) electrons. The second-order valence-corrected chi connectivity index (χ2v) is 12.6. The Labute approximate surface area is 310 Å². The third kappa shape index (κ3) is 21.0. The minimum absolute atomic E-state index is 0.00287. The Hall–Kier alpha value is -4.15. The monoisotopic (exact) mass is 792 g/mol. The van der Waals surface area contributed by atoms with Gasteiger partial charge in [-0.15, -0.1) is 0 Å². The quantitative estimate of drug-likeness (QED) is 0.0714. The summed E-state index contributed by atoms with van der Waals surface area (Å²) in [7, 11) is 0. The van der Waals surface area contributed by atoms with Crippen LogP contribution in [0.5, 0.6) is 11.5 Å². The molecule has 1 aliphatic heterocycles. The number of carbonyl (C=O) groups is 4. The van der Waals surface area contributed by atoms with E-state index in [9.17, 15) is 19.2 Å². The van der Waals surface area contributed by atoms with Gasteiger partial charge in [0, 0.05) is 24.1 Å². The summed E-state index contributed by atoms with van der Waals surface area (Å²) in [6.07, 6.45) is 3.74. The van der Waals surface area contributed by atoms with E-state index in [0.717, 1.165) is 40.3 Å². The van der Waals surface area contributed by atoms with Crippen LogP contribution >= 0.6 is 22.6 Å². The lowest BCUT2D eigenvalue weighted by Gasteiger charge is -2.07. The van der Waals surface area contributed by atoms with E-state index >= 15 is 0 Å². The Bertz CT molecular complexity index is 1510. The van der Waals surface area contributed by atoms with Gasteiger partial charge in [-0.3, -0.25) is 19.2 Å². The molecule has 0 aromatic heterocycles. The average molecular weight is 793 g/mol. The highest BCUT2D eigenvalue weighted by Gasteiger charge is 2.06. The van der Waals surface area contributed by atoms with Gasteiger partial charge in [0.25, 0.3) is 0 Å². The van der Waals surface area contributed by atoms with Crippen molar-refractivity contribution >= 4 is 45.7 Å². The van der Waals surface area contributed by atoms with Gasteiger partial charge in [-0.1, -0.05) is 108 Å². The first-order chi connectivity index (χ1) is 24.1. The maximum Gasteiger partial charge on any atom is 0.140 e. The van der Waals surface area contributed by atoms with Gasteiger partial charge in [-0.05, 0) is 86.6 Å². The molecular formula is C42H49IO7. The summed E-state index contributed by atoms with van der Waals surface area (Å²) in [5.74, 6) is 1.53. The number of ether oxygens (including phenoxy) is 3. The third-order valence-corrected chi connectivity index (χ3v) is 7.84. The van der Waals surface area contributed by atoms with Crippen LogP contribution in [0.1, 0.15) is 75.1 Å². The van der Waals surface area contributed by atoms with Crippen molar-refractivity contribution < 1.29 is 33.4 Å². The summed E-state index contributed by atoms with van der Waals surface area (Å²) in [6, 6.07) is 36.2. The first kappa shape index (κ1) is 42.0. The lowest BCUT2D eigenvalue weighted by atomic mass is 10.1. The number of Topliss-reactive ketones (excluding diaryl/α,β-unsaturated/α-hetero) is 4. The smallest absolute Gasteiger partial charge is 0.140 e. The molecule has 4 aromatic carbocycles. The lowest BCUT2D eigenvalue weighted by Crippen LogP contribution is -2.05. The molecule has 1 heterocycles. The minimum Gasteiger partial charge on any atom is -0.489 e. The summed E-state index contributed by atoms with van der Waals surface area (Å²) in [5.41, 5.74) is 4.72. The summed E-state index contributed by atoms with van der Waals surface area (Å²) < 4.78 is 17.4. The number of hydrogen-bond acceptors (Lipinski definition) is 7. The molecule has 50 heavy (non-hydrogen) atoms. The van der Waals surface area contributed by atoms with Crippen LogP contribution in [0.15, 0.2) is 109 Å². The van der Waals surface area contributed by atoms with Gasteiger partial charge in [0.05, 0.1) is 12.8 Å².